The second kappa shape index (κ2) is 6.11. The maximum atomic E-state index is 12.2. The number of halogens is 2. The van der Waals surface area contributed by atoms with Crippen molar-refractivity contribution in [2.24, 2.45) is 0 Å². The third-order valence-corrected chi connectivity index (χ3v) is 4.73. The zero-order valence-electron chi connectivity index (χ0n) is 10.8. The van der Waals surface area contributed by atoms with Crippen molar-refractivity contribution in [2.75, 3.05) is 0 Å². The molecule has 0 radical (unpaired) electrons. The third-order valence-electron chi connectivity index (χ3n) is 3.04. The van der Waals surface area contributed by atoms with Crippen LogP contribution >= 0.6 is 38.5 Å². The number of H-pyrrole nitrogens is 1. The molecule has 1 aromatic heterocycles. The molecule has 0 atom stereocenters. The van der Waals surface area contributed by atoms with Crippen molar-refractivity contribution < 1.29 is 0 Å². The van der Waals surface area contributed by atoms with Crippen LogP contribution in [0.2, 0.25) is 0 Å². The van der Waals surface area contributed by atoms with E-state index in [0.29, 0.717) is 15.1 Å². The number of nitrogens with zero attached hydrogens (tertiary/aromatic N) is 1. The van der Waals surface area contributed by atoms with E-state index in [-0.39, 0.29) is 5.56 Å². The van der Waals surface area contributed by atoms with Crippen LogP contribution in [0.3, 0.4) is 0 Å². The van der Waals surface area contributed by atoms with Gasteiger partial charge in [0.1, 0.15) is 9.39 Å². The van der Waals surface area contributed by atoms with Crippen molar-refractivity contribution in [3.63, 3.8) is 0 Å². The van der Waals surface area contributed by atoms with E-state index in [2.05, 4.69) is 25.9 Å². The number of hydrogen-bond donors (Lipinski definition) is 1. The molecule has 0 saturated heterocycles. The van der Waals surface area contributed by atoms with Gasteiger partial charge in [-0.3, -0.25) is 4.79 Å². The fourth-order valence-corrected chi connectivity index (χ4v) is 3.07. The molecule has 3 rings (SSSR count). The minimum Gasteiger partial charge on any atom is -0.306 e. The van der Waals surface area contributed by atoms with Crippen LogP contribution in [0.5, 0.6) is 0 Å². The Bertz CT molecular complexity index is 846. The average Bonchev–Trinajstić information content (AvgIpc) is 2.51. The Labute approximate surface area is 143 Å². The number of aromatic nitrogens is 2. The summed E-state index contributed by atoms with van der Waals surface area (Å²) in [6.45, 7) is 0. The van der Waals surface area contributed by atoms with E-state index in [0.717, 1.165) is 15.6 Å². The predicted molar refractivity (Wildman–Crippen MR) is 96.1 cm³/mol. The van der Waals surface area contributed by atoms with Gasteiger partial charge in [0.2, 0.25) is 0 Å². The van der Waals surface area contributed by atoms with Crippen molar-refractivity contribution >= 4 is 38.5 Å². The molecule has 1 N–H and O–H groups in total. The van der Waals surface area contributed by atoms with E-state index in [4.69, 9.17) is 0 Å². The lowest BCUT2D eigenvalue weighted by Crippen LogP contribution is -2.14. The quantitative estimate of drug-likeness (QED) is 0.583. The van der Waals surface area contributed by atoms with E-state index >= 15 is 0 Å². The Morgan fingerprint density at radius 2 is 1.67 bits per heavy atom. The van der Waals surface area contributed by atoms with Gasteiger partial charge in [0.25, 0.3) is 5.56 Å². The zero-order chi connectivity index (χ0) is 14.8. The van der Waals surface area contributed by atoms with Crippen molar-refractivity contribution in [1.82, 2.24) is 9.97 Å². The molecule has 0 amide bonds. The third kappa shape index (κ3) is 2.94. The number of rotatable bonds is 2. The summed E-state index contributed by atoms with van der Waals surface area (Å²) in [4.78, 5) is 19.7. The fourth-order valence-electron chi connectivity index (χ4n) is 2.03. The molecule has 3 aromatic rings. The smallest absolute Gasteiger partial charge is 0.265 e. The number of hydrogen-bond acceptors (Lipinski definition) is 2. The summed E-state index contributed by atoms with van der Waals surface area (Å²) in [6.07, 6.45) is 0. The largest absolute Gasteiger partial charge is 0.306 e. The molecule has 21 heavy (non-hydrogen) atoms. The fraction of sp³-hybridized carbons (Fsp3) is 0. The molecule has 104 valence electrons. The Kier molecular flexibility index (Phi) is 4.21. The van der Waals surface area contributed by atoms with Gasteiger partial charge in [-0.2, -0.15) is 0 Å². The van der Waals surface area contributed by atoms with Crippen LogP contribution in [-0.2, 0) is 0 Å². The molecule has 1 heterocycles. The molecule has 0 aliphatic rings. The van der Waals surface area contributed by atoms with Crippen LogP contribution in [0.4, 0.5) is 0 Å². The Morgan fingerprint density at radius 1 is 1.00 bits per heavy atom. The molecule has 0 aliphatic heterocycles. The Balaban J connectivity index is 2.24. The second-order valence-corrected chi connectivity index (χ2v) is 6.36. The lowest BCUT2D eigenvalue weighted by Gasteiger charge is -2.08. The summed E-state index contributed by atoms with van der Waals surface area (Å²) in [5, 5.41) is 0. The van der Waals surface area contributed by atoms with Crippen LogP contribution in [0.1, 0.15) is 0 Å². The number of aromatic amines is 1. The minimum absolute atomic E-state index is 0.129. The highest BCUT2D eigenvalue weighted by atomic mass is 127. The molecular weight excluding hydrogens is 443 g/mol. The normalized spacial score (nSPS) is 10.6. The summed E-state index contributed by atoms with van der Waals surface area (Å²) in [5.74, 6) is 0.562. The number of benzene rings is 2. The van der Waals surface area contributed by atoms with Gasteiger partial charge < -0.3 is 4.98 Å². The number of nitrogens with one attached hydrogen (secondary N) is 1. The monoisotopic (exact) mass is 452 g/mol. The molecule has 0 fully saturated rings. The van der Waals surface area contributed by atoms with Crippen LogP contribution in [-0.4, -0.2) is 9.97 Å². The van der Waals surface area contributed by atoms with Crippen LogP contribution in [0.25, 0.3) is 22.6 Å². The first kappa shape index (κ1) is 14.5. The van der Waals surface area contributed by atoms with Gasteiger partial charge in [-0.25, -0.2) is 4.98 Å². The topological polar surface area (TPSA) is 45.8 Å². The summed E-state index contributed by atoms with van der Waals surface area (Å²) in [5.41, 5.74) is 2.37. The van der Waals surface area contributed by atoms with E-state index in [1.165, 1.54) is 0 Å². The maximum Gasteiger partial charge on any atom is 0.265 e. The summed E-state index contributed by atoms with van der Waals surface area (Å²) in [7, 11) is 0. The standard InChI is InChI=1S/C16H10BrIN2O/c17-12-9-5-4-8-11(12)15-19-14(13(18)16(21)20-15)10-6-2-1-3-7-10/h1-9H,(H,19,20,21). The molecule has 0 saturated carbocycles. The SMILES string of the molecule is O=c1[nH]c(-c2ccccc2Br)nc(-c2ccccc2)c1I. The summed E-state index contributed by atoms with van der Waals surface area (Å²) in [6, 6.07) is 17.4. The lowest BCUT2D eigenvalue weighted by atomic mass is 10.1. The van der Waals surface area contributed by atoms with E-state index in [1.807, 2.05) is 77.2 Å². The second-order valence-electron chi connectivity index (χ2n) is 4.42. The van der Waals surface area contributed by atoms with Gasteiger partial charge in [0.05, 0.1) is 5.69 Å². The minimum atomic E-state index is -0.129. The maximum absolute atomic E-state index is 12.2. The molecule has 0 spiro atoms. The molecule has 5 heteroatoms. The highest BCUT2D eigenvalue weighted by molar-refractivity contribution is 14.1. The molecule has 2 aromatic carbocycles. The van der Waals surface area contributed by atoms with Crippen LogP contribution < -0.4 is 5.56 Å². The van der Waals surface area contributed by atoms with Crippen molar-refractivity contribution in [1.29, 1.82) is 0 Å². The average molecular weight is 453 g/mol. The highest BCUT2D eigenvalue weighted by Gasteiger charge is 2.13. The van der Waals surface area contributed by atoms with Gasteiger partial charge >= 0.3 is 0 Å². The lowest BCUT2D eigenvalue weighted by molar-refractivity contribution is 1.11. The van der Waals surface area contributed by atoms with Gasteiger partial charge in [-0.1, -0.05) is 64.5 Å². The first-order valence-corrected chi connectivity index (χ1v) is 8.14. The molecule has 0 aliphatic carbocycles. The van der Waals surface area contributed by atoms with E-state index < -0.39 is 0 Å². The summed E-state index contributed by atoms with van der Waals surface area (Å²) < 4.78 is 1.49. The first-order valence-electron chi connectivity index (χ1n) is 6.27. The first-order chi connectivity index (χ1) is 10.2. The van der Waals surface area contributed by atoms with Gasteiger partial charge in [-0.05, 0) is 28.7 Å². The van der Waals surface area contributed by atoms with Crippen LogP contribution in [0.15, 0.2) is 63.9 Å². The van der Waals surface area contributed by atoms with E-state index in [9.17, 15) is 4.79 Å². The Morgan fingerprint density at radius 3 is 2.38 bits per heavy atom. The predicted octanol–water partition coefficient (Wildman–Crippen LogP) is 4.47. The molecular formula is C16H10BrIN2O. The van der Waals surface area contributed by atoms with Crippen molar-refractivity contribution in [3.05, 3.63) is 73.0 Å². The molecule has 0 bridgehead atoms. The van der Waals surface area contributed by atoms with Gasteiger partial charge in [-0.15, -0.1) is 0 Å². The van der Waals surface area contributed by atoms with Gasteiger partial charge in [0, 0.05) is 15.6 Å². The summed E-state index contributed by atoms with van der Waals surface area (Å²) >= 11 is 5.53. The Hall–Kier alpha value is -1.47. The zero-order valence-corrected chi connectivity index (χ0v) is 14.6. The van der Waals surface area contributed by atoms with Crippen molar-refractivity contribution in [2.45, 2.75) is 0 Å². The van der Waals surface area contributed by atoms with Crippen molar-refractivity contribution in [3.8, 4) is 22.6 Å². The molecule has 0 unspecified atom stereocenters. The van der Waals surface area contributed by atoms with Crippen LogP contribution in [0, 0.1) is 3.57 Å². The molecule has 3 nitrogen and oxygen atoms in total. The van der Waals surface area contributed by atoms with E-state index in [1.54, 1.807) is 0 Å². The highest BCUT2D eigenvalue weighted by Crippen LogP contribution is 2.27. The van der Waals surface area contributed by atoms with Gasteiger partial charge in [0.15, 0.2) is 0 Å².